The summed E-state index contributed by atoms with van der Waals surface area (Å²) in [6, 6.07) is 0.754. The van der Waals surface area contributed by atoms with Crippen LogP contribution >= 0.6 is 0 Å². The third-order valence-electron chi connectivity index (χ3n) is 5.70. The normalized spacial score (nSPS) is 25.4. The summed E-state index contributed by atoms with van der Waals surface area (Å²) in [5, 5.41) is 4.76. The molecule has 0 bridgehead atoms. The van der Waals surface area contributed by atoms with E-state index in [1.165, 1.54) is 56.6 Å². The number of hydrogen-bond acceptors (Lipinski definition) is 4. The van der Waals surface area contributed by atoms with Gasteiger partial charge < -0.3 is 9.64 Å². The molecule has 22 heavy (non-hydrogen) atoms. The van der Waals surface area contributed by atoms with Crippen LogP contribution in [0.3, 0.4) is 0 Å². The maximum absolute atomic E-state index is 5.48. The third-order valence-corrected chi connectivity index (χ3v) is 5.70. The van der Waals surface area contributed by atoms with Crippen LogP contribution in [-0.4, -0.2) is 60.1 Å². The zero-order chi connectivity index (χ0) is 14.9. The molecule has 0 aromatic carbocycles. The summed E-state index contributed by atoms with van der Waals surface area (Å²) in [5.74, 6) is 0.716. The predicted molar refractivity (Wildman–Crippen MR) is 87.4 cm³/mol. The Morgan fingerprint density at radius 1 is 1.05 bits per heavy atom. The van der Waals surface area contributed by atoms with Crippen LogP contribution in [0.4, 0.5) is 5.69 Å². The molecule has 5 heteroatoms. The number of rotatable bonds is 3. The maximum Gasteiger partial charge on any atom is 0.0888 e. The van der Waals surface area contributed by atoms with E-state index in [0.29, 0.717) is 5.92 Å². The Kier molecular flexibility index (Phi) is 4.09. The molecule has 0 amide bonds. The minimum Gasteiger partial charge on any atom is -0.379 e. The number of piperidine rings is 1. The zero-order valence-electron chi connectivity index (χ0n) is 13.7. The Labute approximate surface area is 133 Å². The lowest BCUT2D eigenvalue weighted by atomic mass is 9.82. The molecular formula is C17H28N4O. The minimum atomic E-state index is 0.716. The molecule has 3 heterocycles. The molecule has 4 rings (SSSR count). The molecule has 0 spiro atoms. The number of nitrogens with zero attached hydrogens (tertiary/aromatic N) is 4. The Morgan fingerprint density at radius 3 is 2.41 bits per heavy atom. The molecule has 0 N–H and O–H groups in total. The Hall–Kier alpha value is -1.07. The van der Waals surface area contributed by atoms with Gasteiger partial charge in [0.1, 0.15) is 0 Å². The van der Waals surface area contributed by atoms with Crippen molar-refractivity contribution in [1.82, 2.24) is 14.7 Å². The Morgan fingerprint density at radius 2 is 1.77 bits per heavy atom. The van der Waals surface area contributed by atoms with Crippen molar-refractivity contribution in [1.29, 1.82) is 0 Å². The maximum atomic E-state index is 5.48. The van der Waals surface area contributed by atoms with E-state index in [0.717, 1.165) is 32.3 Å². The van der Waals surface area contributed by atoms with Crippen LogP contribution in [0, 0.1) is 0 Å². The van der Waals surface area contributed by atoms with Gasteiger partial charge in [0.2, 0.25) is 0 Å². The van der Waals surface area contributed by atoms with Crippen LogP contribution in [-0.2, 0) is 11.8 Å². The van der Waals surface area contributed by atoms with E-state index in [4.69, 9.17) is 9.84 Å². The summed E-state index contributed by atoms with van der Waals surface area (Å²) < 4.78 is 7.49. The topological polar surface area (TPSA) is 33.5 Å². The van der Waals surface area contributed by atoms with Gasteiger partial charge in [0.05, 0.1) is 24.6 Å². The van der Waals surface area contributed by atoms with E-state index in [2.05, 4.69) is 23.0 Å². The first-order chi connectivity index (χ1) is 10.8. The first kappa shape index (κ1) is 14.5. The van der Waals surface area contributed by atoms with Crippen molar-refractivity contribution in [2.45, 2.75) is 44.1 Å². The number of morpholine rings is 1. The van der Waals surface area contributed by atoms with E-state index >= 15 is 0 Å². The van der Waals surface area contributed by atoms with Crippen molar-refractivity contribution >= 4 is 5.69 Å². The van der Waals surface area contributed by atoms with Crippen molar-refractivity contribution in [2.24, 2.45) is 7.05 Å². The molecule has 2 aliphatic heterocycles. The molecule has 0 atom stereocenters. The lowest BCUT2D eigenvalue weighted by molar-refractivity contribution is 0.0115. The van der Waals surface area contributed by atoms with E-state index in [9.17, 15) is 0 Å². The van der Waals surface area contributed by atoms with Crippen molar-refractivity contribution in [2.75, 3.05) is 44.3 Å². The average molecular weight is 304 g/mol. The quantitative estimate of drug-likeness (QED) is 0.855. The Balaban J connectivity index is 1.41. The largest absolute Gasteiger partial charge is 0.379 e. The summed E-state index contributed by atoms with van der Waals surface area (Å²) in [7, 11) is 2.06. The van der Waals surface area contributed by atoms with Crippen molar-refractivity contribution in [3.8, 4) is 0 Å². The van der Waals surface area contributed by atoms with Crippen LogP contribution in [0.1, 0.15) is 43.7 Å². The number of ether oxygens (including phenoxy) is 1. The smallest absolute Gasteiger partial charge is 0.0888 e. The van der Waals surface area contributed by atoms with Crippen LogP contribution in [0.15, 0.2) is 6.20 Å². The van der Waals surface area contributed by atoms with Gasteiger partial charge in [-0.25, -0.2) is 0 Å². The fourth-order valence-corrected chi connectivity index (χ4v) is 4.12. The second kappa shape index (κ2) is 6.20. The fraction of sp³-hybridized carbons (Fsp3) is 0.824. The summed E-state index contributed by atoms with van der Waals surface area (Å²) in [6.07, 6.45) is 8.82. The highest BCUT2D eigenvalue weighted by Crippen LogP contribution is 2.40. The third kappa shape index (κ3) is 2.76. The van der Waals surface area contributed by atoms with Crippen LogP contribution in [0.2, 0.25) is 0 Å². The molecule has 122 valence electrons. The standard InChI is InChI=1S/C17H28N4O/c1-19-13-16(17(18-19)14-3-2-4-14)21-7-5-15(6-8-21)20-9-11-22-12-10-20/h13-15H,2-12H2,1H3. The second-order valence-corrected chi connectivity index (χ2v) is 7.07. The van der Waals surface area contributed by atoms with Crippen LogP contribution in [0.25, 0.3) is 0 Å². The van der Waals surface area contributed by atoms with Crippen molar-refractivity contribution < 1.29 is 4.74 Å². The summed E-state index contributed by atoms with van der Waals surface area (Å²) in [4.78, 5) is 5.22. The lowest BCUT2D eigenvalue weighted by Crippen LogP contribution is -2.49. The molecule has 5 nitrogen and oxygen atoms in total. The number of anilines is 1. The highest BCUT2D eigenvalue weighted by molar-refractivity contribution is 5.52. The molecule has 1 aromatic rings. The molecule has 3 aliphatic rings. The molecule has 2 saturated heterocycles. The van der Waals surface area contributed by atoms with Gasteiger partial charge >= 0.3 is 0 Å². The van der Waals surface area contributed by atoms with Crippen molar-refractivity contribution in [3.63, 3.8) is 0 Å². The minimum absolute atomic E-state index is 0.716. The monoisotopic (exact) mass is 304 g/mol. The Bertz CT molecular complexity index is 497. The van der Waals surface area contributed by atoms with Gasteiger partial charge in [-0.05, 0) is 25.7 Å². The van der Waals surface area contributed by atoms with E-state index in [-0.39, 0.29) is 0 Å². The van der Waals surface area contributed by atoms with Gasteiger partial charge in [0, 0.05) is 51.4 Å². The van der Waals surface area contributed by atoms with E-state index < -0.39 is 0 Å². The SMILES string of the molecule is Cn1cc(N2CCC(N3CCOCC3)CC2)c(C2CCC2)n1. The summed E-state index contributed by atoms with van der Waals surface area (Å²) in [6.45, 7) is 6.40. The van der Waals surface area contributed by atoms with Gasteiger partial charge in [-0.1, -0.05) is 6.42 Å². The number of aryl methyl sites for hydroxylation is 1. The molecule has 1 aromatic heterocycles. The van der Waals surface area contributed by atoms with Gasteiger partial charge in [0.25, 0.3) is 0 Å². The molecular weight excluding hydrogens is 276 g/mol. The van der Waals surface area contributed by atoms with Crippen molar-refractivity contribution in [3.05, 3.63) is 11.9 Å². The lowest BCUT2D eigenvalue weighted by Gasteiger charge is -2.41. The summed E-state index contributed by atoms with van der Waals surface area (Å²) >= 11 is 0. The van der Waals surface area contributed by atoms with E-state index in [1.54, 1.807) is 0 Å². The molecule has 1 aliphatic carbocycles. The van der Waals surface area contributed by atoms with Gasteiger partial charge in [0.15, 0.2) is 0 Å². The zero-order valence-corrected chi connectivity index (χ0v) is 13.7. The first-order valence-electron chi connectivity index (χ1n) is 8.91. The number of hydrogen-bond donors (Lipinski definition) is 0. The molecule has 3 fully saturated rings. The fourth-order valence-electron chi connectivity index (χ4n) is 4.12. The molecule has 1 saturated carbocycles. The predicted octanol–water partition coefficient (Wildman–Crippen LogP) is 1.99. The summed E-state index contributed by atoms with van der Waals surface area (Å²) in [5.41, 5.74) is 2.77. The van der Waals surface area contributed by atoms with Gasteiger partial charge in [-0.2, -0.15) is 5.10 Å². The second-order valence-electron chi connectivity index (χ2n) is 7.07. The highest BCUT2D eigenvalue weighted by atomic mass is 16.5. The number of aromatic nitrogens is 2. The average Bonchev–Trinajstić information content (AvgIpc) is 2.88. The first-order valence-corrected chi connectivity index (χ1v) is 8.91. The molecule has 0 unspecified atom stereocenters. The van der Waals surface area contributed by atoms with Gasteiger partial charge in [-0.3, -0.25) is 9.58 Å². The van der Waals surface area contributed by atoms with E-state index in [1.807, 2.05) is 4.68 Å². The molecule has 0 radical (unpaired) electrons. The highest BCUT2D eigenvalue weighted by Gasteiger charge is 2.30. The van der Waals surface area contributed by atoms with Gasteiger partial charge in [-0.15, -0.1) is 0 Å². The van der Waals surface area contributed by atoms with Crippen LogP contribution < -0.4 is 4.90 Å². The van der Waals surface area contributed by atoms with Crippen LogP contribution in [0.5, 0.6) is 0 Å².